The van der Waals surface area contributed by atoms with E-state index in [1.807, 2.05) is 0 Å². The predicted octanol–water partition coefficient (Wildman–Crippen LogP) is 3.34. The molecule has 1 N–H and O–H groups in total. The van der Waals surface area contributed by atoms with Crippen molar-refractivity contribution in [2.45, 2.75) is 13.8 Å². The molecule has 1 heterocycles. The maximum absolute atomic E-state index is 3.53. The number of hydrogen-bond acceptors (Lipinski definition) is 2. The fraction of sp³-hybridized carbons (Fsp3) is 0.500. The van der Waals surface area contributed by atoms with Crippen molar-refractivity contribution in [2.24, 2.45) is 5.92 Å². The fourth-order valence-corrected chi connectivity index (χ4v) is 2.34. The highest BCUT2D eigenvalue weighted by molar-refractivity contribution is 9.10. The molecule has 3 heteroatoms. The van der Waals surface area contributed by atoms with Gasteiger partial charge in [-0.05, 0) is 24.1 Å². The van der Waals surface area contributed by atoms with Crippen molar-refractivity contribution in [1.82, 2.24) is 0 Å². The summed E-state index contributed by atoms with van der Waals surface area (Å²) in [4.78, 5) is 2.46. The molecule has 15 heavy (non-hydrogen) atoms. The third kappa shape index (κ3) is 2.46. The molecule has 2 nitrogen and oxygen atoms in total. The van der Waals surface area contributed by atoms with Crippen molar-refractivity contribution in [3.05, 3.63) is 22.7 Å². The lowest BCUT2D eigenvalue weighted by Gasteiger charge is -2.33. The number of rotatable bonds is 2. The van der Waals surface area contributed by atoms with E-state index in [4.69, 9.17) is 0 Å². The zero-order valence-corrected chi connectivity index (χ0v) is 10.8. The zero-order chi connectivity index (χ0) is 10.8. The fourth-order valence-electron chi connectivity index (χ4n) is 1.99. The molecule has 1 aliphatic rings. The van der Waals surface area contributed by atoms with Gasteiger partial charge in [-0.1, -0.05) is 29.8 Å². The molecule has 0 bridgehead atoms. The summed E-state index contributed by atoms with van der Waals surface area (Å²) < 4.78 is 1.15. The summed E-state index contributed by atoms with van der Waals surface area (Å²) in [5.41, 5.74) is 2.58. The van der Waals surface area contributed by atoms with Crippen molar-refractivity contribution >= 4 is 27.3 Å². The van der Waals surface area contributed by atoms with Crippen LogP contribution in [0.5, 0.6) is 0 Å². The van der Waals surface area contributed by atoms with Gasteiger partial charge >= 0.3 is 0 Å². The quantitative estimate of drug-likeness (QED) is 0.885. The van der Waals surface area contributed by atoms with Crippen LogP contribution < -0.4 is 10.2 Å². The second-order valence-corrected chi connectivity index (χ2v) is 5.34. The van der Waals surface area contributed by atoms with Crippen molar-refractivity contribution in [1.29, 1.82) is 0 Å². The van der Waals surface area contributed by atoms with E-state index in [0.29, 0.717) is 5.92 Å². The smallest absolute Gasteiger partial charge is 0.0614 e. The van der Waals surface area contributed by atoms with Crippen molar-refractivity contribution < 1.29 is 0 Å². The summed E-state index contributed by atoms with van der Waals surface area (Å²) >= 11 is 3.53. The van der Waals surface area contributed by atoms with Gasteiger partial charge in [-0.15, -0.1) is 0 Å². The normalized spacial score (nSPS) is 15.1. The highest BCUT2D eigenvalue weighted by Gasteiger charge is 2.16. The Hall–Kier alpha value is -0.700. The van der Waals surface area contributed by atoms with Gasteiger partial charge in [0, 0.05) is 24.1 Å². The Labute approximate surface area is 99.8 Å². The number of fused-ring (bicyclic) bond motifs is 1. The van der Waals surface area contributed by atoms with Crippen LogP contribution in [0.2, 0.25) is 0 Å². The second-order valence-electron chi connectivity index (χ2n) is 4.43. The summed E-state index contributed by atoms with van der Waals surface area (Å²) in [6.45, 7) is 7.80. The molecular weight excluding hydrogens is 252 g/mol. The van der Waals surface area contributed by atoms with E-state index in [1.165, 1.54) is 11.4 Å². The van der Waals surface area contributed by atoms with E-state index < -0.39 is 0 Å². The van der Waals surface area contributed by atoms with Crippen LogP contribution in [0.1, 0.15) is 13.8 Å². The highest BCUT2D eigenvalue weighted by atomic mass is 79.9. The van der Waals surface area contributed by atoms with E-state index in [1.54, 1.807) is 0 Å². The van der Waals surface area contributed by atoms with Gasteiger partial charge in [-0.2, -0.15) is 0 Å². The van der Waals surface area contributed by atoms with Gasteiger partial charge in [0.15, 0.2) is 0 Å². The summed E-state index contributed by atoms with van der Waals surface area (Å²) in [5, 5.41) is 3.43. The molecule has 0 atom stereocenters. The number of nitrogens with zero attached hydrogens (tertiary/aromatic N) is 1. The lowest BCUT2D eigenvalue weighted by Crippen LogP contribution is -2.36. The lowest BCUT2D eigenvalue weighted by atomic mass is 10.1. The van der Waals surface area contributed by atoms with Crippen LogP contribution in [0, 0.1) is 5.92 Å². The Morgan fingerprint density at radius 1 is 1.47 bits per heavy atom. The summed E-state index contributed by atoms with van der Waals surface area (Å²) in [5.74, 6) is 0.704. The largest absolute Gasteiger partial charge is 0.382 e. The molecule has 0 unspecified atom stereocenters. The first-order chi connectivity index (χ1) is 7.16. The highest BCUT2D eigenvalue weighted by Crippen LogP contribution is 2.32. The average Bonchev–Trinajstić information content (AvgIpc) is 2.18. The predicted molar refractivity (Wildman–Crippen MR) is 69.7 cm³/mol. The van der Waals surface area contributed by atoms with Gasteiger partial charge in [0.05, 0.1) is 11.4 Å². The second kappa shape index (κ2) is 4.44. The molecule has 1 aromatic rings. The maximum Gasteiger partial charge on any atom is 0.0614 e. The van der Waals surface area contributed by atoms with Gasteiger partial charge in [0.25, 0.3) is 0 Å². The minimum atomic E-state index is 0.704. The molecule has 0 saturated carbocycles. The molecule has 1 aromatic carbocycles. The Morgan fingerprint density at radius 3 is 3.00 bits per heavy atom. The minimum Gasteiger partial charge on any atom is -0.382 e. The summed E-state index contributed by atoms with van der Waals surface area (Å²) in [6, 6.07) is 6.43. The molecule has 0 aromatic heterocycles. The molecule has 0 amide bonds. The van der Waals surface area contributed by atoms with Crippen LogP contribution in [0.3, 0.4) is 0 Å². The standard InChI is InChI=1S/C12H17BrN2/c1-9(2)8-15-6-5-14-11-4-3-10(13)7-12(11)15/h3-4,7,9,14H,5-6,8H2,1-2H3. The molecule has 1 aliphatic heterocycles. The van der Waals surface area contributed by atoms with Crippen molar-refractivity contribution in [3.63, 3.8) is 0 Å². The molecule has 82 valence electrons. The van der Waals surface area contributed by atoms with Crippen LogP contribution >= 0.6 is 15.9 Å². The third-order valence-corrected chi connectivity index (χ3v) is 3.08. The van der Waals surface area contributed by atoms with Gasteiger partial charge in [-0.25, -0.2) is 0 Å². The third-order valence-electron chi connectivity index (χ3n) is 2.58. The van der Waals surface area contributed by atoms with Gasteiger partial charge in [-0.3, -0.25) is 0 Å². The molecule has 0 spiro atoms. The molecule has 0 radical (unpaired) electrons. The molecule has 0 aliphatic carbocycles. The SMILES string of the molecule is CC(C)CN1CCNc2ccc(Br)cc21. The molecule has 2 rings (SSSR count). The van der Waals surface area contributed by atoms with Crippen LogP contribution in [0.4, 0.5) is 11.4 Å². The van der Waals surface area contributed by atoms with Gasteiger partial charge in [0.1, 0.15) is 0 Å². The van der Waals surface area contributed by atoms with E-state index >= 15 is 0 Å². The van der Waals surface area contributed by atoms with E-state index in [9.17, 15) is 0 Å². The Kier molecular flexibility index (Phi) is 3.19. The van der Waals surface area contributed by atoms with Crippen molar-refractivity contribution in [3.8, 4) is 0 Å². The number of hydrogen-bond donors (Lipinski definition) is 1. The van der Waals surface area contributed by atoms with E-state index in [-0.39, 0.29) is 0 Å². The topological polar surface area (TPSA) is 15.3 Å². The number of benzene rings is 1. The molecule has 0 fully saturated rings. The number of anilines is 2. The van der Waals surface area contributed by atoms with Crippen LogP contribution in [0.15, 0.2) is 22.7 Å². The Bertz CT molecular complexity index is 349. The maximum atomic E-state index is 3.53. The van der Waals surface area contributed by atoms with E-state index in [0.717, 1.165) is 24.1 Å². The Balaban J connectivity index is 2.28. The Morgan fingerprint density at radius 2 is 2.27 bits per heavy atom. The summed E-state index contributed by atoms with van der Waals surface area (Å²) in [6.07, 6.45) is 0. The van der Waals surface area contributed by atoms with Crippen LogP contribution in [-0.4, -0.2) is 19.6 Å². The average molecular weight is 269 g/mol. The summed E-state index contributed by atoms with van der Waals surface area (Å²) in [7, 11) is 0. The lowest BCUT2D eigenvalue weighted by molar-refractivity contribution is 0.610. The van der Waals surface area contributed by atoms with Crippen LogP contribution in [-0.2, 0) is 0 Å². The van der Waals surface area contributed by atoms with Crippen molar-refractivity contribution in [2.75, 3.05) is 29.9 Å². The van der Waals surface area contributed by atoms with Crippen LogP contribution in [0.25, 0.3) is 0 Å². The zero-order valence-electron chi connectivity index (χ0n) is 9.26. The monoisotopic (exact) mass is 268 g/mol. The number of halogens is 1. The molecular formula is C12H17BrN2. The van der Waals surface area contributed by atoms with Gasteiger partial charge in [0.2, 0.25) is 0 Å². The first kappa shape index (κ1) is 10.8. The van der Waals surface area contributed by atoms with E-state index in [2.05, 4.69) is 58.2 Å². The van der Waals surface area contributed by atoms with Gasteiger partial charge < -0.3 is 10.2 Å². The first-order valence-corrected chi connectivity index (χ1v) is 6.24. The first-order valence-electron chi connectivity index (χ1n) is 5.45. The number of nitrogens with one attached hydrogen (secondary N) is 1. The minimum absolute atomic E-state index is 0.704. The molecule has 0 saturated heterocycles.